The Bertz CT molecular complexity index is 1040. The number of rotatable bonds is 5. The lowest BCUT2D eigenvalue weighted by molar-refractivity contribution is -0.124. The van der Waals surface area contributed by atoms with Crippen LogP contribution in [0.4, 0.5) is 0 Å². The van der Waals surface area contributed by atoms with Crippen molar-refractivity contribution in [2.24, 2.45) is 0 Å². The standard InChI is InChI=1S/C23H24N2O3/c1-14-9-10-18(11-15(14)2)17(4)25-22(26)13-28-23(27)20-12-16(3)24-21-8-6-5-7-19(20)21/h5-12,17H,13H2,1-4H3,(H,25,26)/t17-/m1/s1. The second-order valence-corrected chi connectivity index (χ2v) is 7.04. The maximum absolute atomic E-state index is 12.5. The summed E-state index contributed by atoms with van der Waals surface area (Å²) in [6, 6.07) is 15.0. The molecule has 0 spiro atoms. The fourth-order valence-corrected chi connectivity index (χ4v) is 3.09. The number of benzene rings is 2. The molecule has 2 aromatic carbocycles. The van der Waals surface area contributed by atoms with E-state index in [2.05, 4.69) is 16.4 Å². The largest absolute Gasteiger partial charge is 0.452 e. The summed E-state index contributed by atoms with van der Waals surface area (Å²) in [6.45, 7) is 7.48. The van der Waals surface area contributed by atoms with Crippen LogP contribution in [0.2, 0.25) is 0 Å². The van der Waals surface area contributed by atoms with Gasteiger partial charge in [-0.05, 0) is 56.5 Å². The Balaban J connectivity index is 1.64. The van der Waals surface area contributed by atoms with Crippen molar-refractivity contribution >= 4 is 22.8 Å². The molecule has 0 fully saturated rings. The van der Waals surface area contributed by atoms with Gasteiger partial charge in [0.1, 0.15) is 0 Å². The molecule has 1 amide bonds. The van der Waals surface area contributed by atoms with E-state index in [0.717, 1.165) is 16.8 Å². The van der Waals surface area contributed by atoms with Crippen LogP contribution in [-0.2, 0) is 9.53 Å². The number of carbonyl (C=O) groups is 2. The number of hydrogen-bond acceptors (Lipinski definition) is 4. The predicted octanol–water partition coefficient (Wildman–Crippen LogP) is 4.19. The lowest BCUT2D eigenvalue weighted by Gasteiger charge is -2.16. The van der Waals surface area contributed by atoms with E-state index in [1.54, 1.807) is 6.07 Å². The molecule has 1 atom stereocenters. The van der Waals surface area contributed by atoms with Crippen LogP contribution < -0.4 is 5.32 Å². The molecule has 0 saturated carbocycles. The third-order valence-electron chi connectivity index (χ3n) is 4.81. The first kappa shape index (κ1) is 19.5. The van der Waals surface area contributed by atoms with Gasteiger partial charge in [0, 0.05) is 11.1 Å². The quantitative estimate of drug-likeness (QED) is 0.678. The summed E-state index contributed by atoms with van der Waals surface area (Å²) in [5.41, 5.74) is 5.25. The number of hydrogen-bond donors (Lipinski definition) is 1. The normalized spacial score (nSPS) is 11.9. The van der Waals surface area contributed by atoms with Gasteiger partial charge in [-0.15, -0.1) is 0 Å². The van der Waals surface area contributed by atoms with Gasteiger partial charge in [-0.3, -0.25) is 9.78 Å². The van der Waals surface area contributed by atoms with Crippen molar-refractivity contribution in [2.75, 3.05) is 6.61 Å². The van der Waals surface area contributed by atoms with Gasteiger partial charge in [0.2, 0.25) is 0 Å². The van der Waals surface area contributed by atoms with E-state index >= 15 is 0 Å². The molecule has 5 heteroatoms. The summed E-state index contributed by atoms with van der Waals surface area (Å²) in [7, 11) is 0. The third kappa shape index (κ3) is 4.36. The Hall–Kier alpha value is -3.21. The van der Waals surface area contributed by atoms with Crippen molar-refractivity contribution in [3.05, 3.63) is 76.5 Å². The maximum Gasteiger partial charge on any atom is 0.339 e. The third-order valence-corrected chi connectivity index (χ3v) is 4.81. The van der Waals surface area contributed by atoms with Gasteiger partial charge in [0.05, 0.1) is 17.1 Å². The Morgan fingerprint density at radius 2 is 1.79 bits per heavy atom. The van der Waals surface area contributed by atoms with Crippen LogP contribution in [0.1, 0.15) is 45.7 Å². The minimum absolute atomic E-state index is 0.172. The number of aromatic nitrogens is 1. The lowest BCUT2D eigenvalue weighted by Crippen LogP contribution is -2.31. The number of nitrogens with one attached hydrogen (secondary N) is 1. The van der Waals surface area contributed by atoms with E-state index in [1.807, 2.05) is 64.1 Å². The molecule has 0 unspecified atom stereocenters. The van der Waals surface area contributed by atoms with E-state index in [9.17, 15) is 9.59 Å². The van der Waals surface area contributed by atoms with E-state index in [0.29, 0.717) is 10.9 Å². The molecule has 0 saturated heterocycles. The van der Waals surface area contributed by atoms with Gasteiger partial charge in [-0.2, -0.15) is 0 Å². The monoisotopic (exact) mass is 376 g/mol. The number of aryl methyl sites for hydroxylation is 3. The van der Waals surface area contributed by atoms with Crippen molar-refractivity contribution in [2.45, 2.75) is 33.7 Å². The molecule has 0 radical (unpaired) electrons. The zero-order valence-corrected chi connectivity index (χ0v) is 16.6. The highest BCUT2D eigenvalue weighted by Gasteiger charge is 2.16. The highest BCUT2D eigenvalue weighted by molar-refractivity contribution is 6.04. The topological polar surface area (TPSA) is 68.3 Å². The van der Waals surface area contributed by atoms with Crippen LogP contribution in [0.25, 0.3) is 10.9 Å². The molecule has 1 heterocycles. The number of para-hydroxylation sites is 1. The summed E-state index contributed by atoms with van der Waals surface area (Å²) in [4.78, 5) is 29.2. The van der Waals surface area contributed by atoms with Crippen LogP contribution in [-0.4, -0.2) is 23.5 Å². The van der Waals surface area contributed by atoms with Crippen LogP contribution in [0.3, 0.4) is 0 Å². The Kier molecular flexibility index (Phi) is 5.73. The average Bonchev–Trinajstić information content (AvgIpc) is 2.67. The summed E-state index contributed by atoms with van der Waals surface area (Å²) in [6.07, 6.45) is 0. The highest BCUT2D eigenvalue weighted by Crippen LogP contribution is 2.19. The molecule has 3 rings (SSSR count). The van der Waals surface area contributed by atoms with Crippen LogP contribution >= 0.6 is 0 Å². The van der Waals surface area contributed by atoms with Gasteiger partial charge < -0.3 is 10.1 Å². The summed E-state index contributed by atoms with van der Waals surface area (Å²) in [5, 5.41) is 3.58. The minimum atomic E-state index is -0.532. The fraction of sp³-hybridized carbons (Fsp3) is 0.261. The molecule has 1 aromatic heterocycles. The molecule has 144 valence electrons. The van der Waals surface area contributed by atoms with Crippen molar-refractivity contribution in [1.29, 1.82) is 0 Å². The molecule has 0 aliphatic carbocycles. The van der Waals surface area contributed by atoms with Crippen molar-refractivity contribution in [1.82, 2.24) is 10.3 Å². The zero-order chi connectivity index (χ0) is 20.3. The van der Waals surface area contributed by atoms with Gasteiger partial charge in [0.25, 0.3) is 5.91 Å². The SMILES string of the molecule is Cc1cc(C(=O)OCC(=O)N[C@H](C)c2ccc(C)c(C)c2)c2ccccc2n1. The number of ether oxygens (including phenoxy) is 1. The Morgan fingerprint density at radius 3 is 2.54 bits per heavy atom. The number of nitrogens with zero attached hydrogens (tertiary/aromatic N) is 1. The highest BCUT2D eigenvalue weighted by atomic mass is 16.5. The van der Waals surface area contributed by atoms with Gasteiger partial charge in [-0.1, -0.05) is 36.4 Å². The number of amides is 1. The molecule has 0 aliphatic heterocycles. The van der Waals surface area contributed by atoms with Crippen LogP contribution in [0.15, 0.2) is 48.5 Å². The van der Waals surface area contributed by atoms with Gasteiger partial charge in [-0.25, -0.2) is 4.79 Å². The first-order chi connectivity index (χ1) is 13.3. The average molecular weight is 376 g/mol. The lowest BCUT2D eigenvalue weighted by atomic mass is 10.0. The summed E-state index contributed by atoms with van der Waals surface area (Å²) >= 11 is 0. The molecule has 1 N–H and O–H groups in total. The zero-order valence-electron chi connectivity index (χ0n) is 16.6. The van der Waals surface area contributed by atoms with Crippen molar-refractivity contribution in [3.63, 3.8) is 0 Å². The van der Waals surface area contributed by atoms with E-state index in [4.69, 9.17) is 4.74 Å². The molecule has 28 heavy (non-hydrogen) atoms. The predicted molar refractivity (Wildman–Crippen MR) is 109 cm³/mol. The molecule has 3 aromatic rings. The van der Waals surface area contributed by atoms with Crippen molar-refractivity contribution < 1.29 is 14.3 Å². The number of carbonyl (C=O) groups excluding carboxylic acids is 2. The number of esters is 1. The second kappa shape index (κ2) is 8.21. The molecule has 5 nitrogen and oxygen atoms in total. The smallest absolute Gasteiger partial charge is 0.339 e. The molecular weight excluding hydrogens is 352 g/mol. The van der Waals surface area contributed by atoms with Crippen molar-refractivity contribution in [3.8, 4) is 0 Å². The van der Waals surface area contributed by atoms with Gasteiger partial charge in [0.15, 0.2) is 6.61 Å². The van der Waals surface area contributed by atoms with E-state index in [-0.39, 0.29) is 18.6 Å². The molecular formula is C23H24N2O3. The van der Waals surface area contributed by atoms with Gasteiger partial charge >= 0.3 is 5.97 Å². The second-order valence-electron chi connectivity index (χ2n) is 7.04. The maximum atomic E-state index is 12.5. The Labute approximate surface area is 164 Å². The number of fused-ring (bicyclic) bond motifs is 1. The molecule has 0 bridgehead atoms. The Morgan fingerprint density at radius 1 is 1.04 bits per heavy atom. The number of pyridine rings is 1. The van der Waals surface area contributed by atoms with E-state index in [1.165, 1.54) is 11.1 Å². The van der Waals surface area contributed by atoms with Crippen LogP contribution in [0, 0.1) is 20.8 Å². The minimum Gasteiger partial charge on any atom is -0.452 e. The first-order valence-corrected chi connectivity index (χ1v) is 9.25. The summed E-state index contributed by atoms with van der Waals surface area (Å²) in [5.74, 6) is -0.871. The summed E-state index contributed by atoms with van der Waals surface area (Å²) < 4.78 is 5.25. The fourth-order valence-electron chi connectivity index (χ4n) is 3.09. The van der Waals surface area contributed by atoms with E-state index < -0.39 is 5.97 Å². The first-order valence-electron chi connectivity index (χ1n) is 9.25. The van der Waals surface area contributed by atoms with Crippen LogP contribution in [0.5, 0.6) is 0 Å². The molecule has 0 aliphatic rings.